The van der Waals surface area contributed by atoms with Crippen LogP contribution in [-0.4, -0.2) is 28.9 Å². The molecule has 0 radical (unpaired) electrons. The summed E-state index contributed by atoms with van der Waals surface area (Å²) in [5.41, 5.74) is 2.79. The highest BCUT2D eigenvalue weighted by Crippen LogP contribution is 2.28. The van der Waals surface area contributed by atoms with Gasteiger partial charge in [0, 0.05) is 24.5 Å². The molecule has 5 heteroatoms. The zero-order valence-electron chi connectivity index (χ0n) is 9.80. The van der Waals surface area contributed by atoms with Crippen LogP contribution in [0.1, 0.15) is 21.6 Å². The van der Waals surface area contributed by atoms with Gasteiger partial charge in [-0.25, -0.2) is 0 Å². The summed E-state index contributed by atoms with van der Waals surface area (Å²) in [4.78, 5) is 25.3. The van der Waals surface area contributed by atoms with Gasteiger partial charge in [-0.2, -0.15) is 5.10 Å². The predicted molar refractivity (Wildman–Crippen MR) is 65.6 cm³/mol. The van der Waals surface area contributed by atoms with Crippen molar-refractivity contribution in [2.75, 3.05) is 11.9 Å². The van der Waals surface area contributed by atoms with E-state index in [9.17, 15) is 9.59 Å². The van der Waals surface area contributed by atoms with Gasteiger partial charge in [-0.3, -0.25) is 14.7 Å². The van der Waals surface area contributed by atoms with Gasteiger partial charge in [0.1, 0.15) is 5.69 Å². The fourth-order valence-electron chi connectivity index (χ4n) is 2.15. The highest BCUT2D eigenvalue weighted by Gasteiger charge is 2.25. The predicted octanol–water partition coefficient (Wildman–Crippen LogP) is 1.16. The van der Waals surface area contributed by atoms with Crippen LogP contribution < -0.4 is 4.90 Å². The van der Waals surface area contributed by atoms with Crippen LogP contribution in [0.4, 0.5) is 5.69 Å². The number of carbonyl (C=O) groups excluding carboxylic acids is 2. The van der Waals surface area contributed by atoms with Gasteiger partial charge in [0.15, 0.2) is 0 Å². The van der Waals surface area contributed by atoms with Gasteiger partial charge in [-0.15, -0.1) is 0 Å². The van der Waals surface area contributed by atoms with Crippen molar-refractivity contribution in [3.05, 3.63) is 47.3 Å². The number of nitrogens with zero attached hydrogens (tertiary/aromatic N) is 2. The minimum atomic E-state index is -0.114. The summed E-state index contributed by atoms with van der Waals surface area (Å²) in [5, 5.41) is 6.40. The van der Waals surface area contributed by atoms with E-state index in [2.05, 4.69) is 10.2 Å². The van der Waals surface area contributed by atoms with Gasteiger partial charge in [0.2, 0.25) is 11.7 Å². The standard InChI is InChI=1S/C13H11N3O2/c1-16-11-3-2-8(6-9(11)7-12(16)17)13(18)10-4-5-14-15-10/h2-6H,7H2,1H3,(H,14,15). The second-order valence-electron chi connectivity index (χ2n) is 4.27. The number of hydrogen-bond acceptors (Lipinski definition) is 3. The summed E-state index contributed by atoms with van der Waals surface area (Å²) < 4.78 is 0. The molecule has 1 aliphatic heterocycles. The van der Waals surface area contributed by atoms with Crippen LogP contribution >= 0.6 is 0 Å². The number of fused-ring (bicyclic) bond motifs is 1. The average molecular weight is 241 g/mol. The van der Waals surface area contributed by atoms with E-state index < -0.39 is 0 Å². The van der Waals surface area contributed by atoms with E-state index in [1.165, 1.54) is 6.20 Å². The Kier molecular flexibility index (Phi) is 2.26. The van der Waals surface area contributed by atoms with Crippen LogP contribution in [0, 0.1) is 0 Å². The van der Waals surface area contributed by atoms with E-state index in [0.29, 0.717) is 17.7 Å². The van der Waals surface area contributed by atoms with Gasteiger partial charge in [0.25, 0.3) is 0 Å². The monoisotopic (exact) mass is 241 g/mol. The van der Waals surface area contributed by atoms with Crippen molar-refractivity contribution in [2.24, 2.45) is 0 Å². The van der Waals surface area contributed by atoms with Crippen molar-refractivity contribution < 1.29 is 9.59 Å². The second-order valence-corrected chi connectivity index (χ2v) is 4.27. The Balaban J connectivity index is 2.00. The fourth-order valence-corrected chi connectivity index (χ4v) is 2.15. The summed E-state index contributed by atoms with van der Waals surface area (Å²) in [7, 11) is 1.74. The molecule has 0 aliphatic carbocycles. The first-order chi connectivity index (χ1) is 8.66. The number of rotatable bonds is 2. The first-order valence-electron chi connectivity index (χ1n) is 5.60. The fraction of sp³-hybridized carbons (Fsp3) is 0.154. The van der Waals surface area contributed by atoms with Crippen molar-refractivity contribution in [1.29, 1.82) is 0 Å². The number of aromatic nitrogens is 2. The van der Waals surface area contributed by atoms with Gasteiger partial charge in [-0.05, 0) is 29.8 Å². The zero-order chi connectivity index (χ0) is 12.7. The molecule has 1 aromatic carbocycles. The topological polar surface area (TPSA) is 66.1 Å². The molecular formula is C13H11N3O2. The van der Waals surface area contributed by atoms with Crippen molar-refractivity contribution in [3.63, 3.8) is 0 Å². The molecule has 0 saturated carbocycles. The normalized spacial score (nSPS) is 13.8. The number of nitrogens with one attached hydrogen (secondary N) is 1. The third-order valence-electron chi connectivity index (χ3n) is 3.16. The molecule has 0 spiro atoms. The van der Waals surface area contributed by atoms with E-state index in [1.807, 2.05) is 6.07 Å². The molecule has 1 aliphatic rings. The molecular weight excluding hydrogens is 230 g/mol. The highest BCUT2D eigenvalue weighted by atomic mass is 16.2. The molecule has 5 nitrogen and oxygen atoms in total. The summed E-state index contributed by atoms with van der Waals surface area (Å²) in [6.07, 6.45) is 1.90. The van der Waals surface area contributed by atoms with Crippen LogP contribution in [-0.2, 0) is 11.2 Å². The lowest BCUT2D eigenvalue weighted by atomic mass is 10.0. The van der Waals surface area contributed by atoms with Crippen LogP contribution in [0.15, 0.2) is 30.5 Å². The zero-order valence-corrected chi connectivity index (χ0v) is 9.80. The van der Waals surface area contributed by atoms with E-state index >= 15 is 0 Å². The van der Waals surface area contributed by atoms with E-state index in [4.69, 9.17) is 0 Å². The van der Waals surface area contributed by atoms with E-state index in [0.717, 1.165) is 11.3 Å². The third-order valence-corrected chi connectivity index (χ3v) is 3.16. The first kappa shape index (κ1) is 10.7. The van der Waals surface area contributed by atoms with Gasteiger partial charge >= 0.3 is 0 Å². The number of amides is 1. The third kappa shape index (κ3) is 1.52. The van der Waals surface area contributed by atoms with Crippen molar-refractivity contribution in [1.82, 2.24) is 10.2 Å². The summed E-state index contributed by atoms with van der Waals surface area (Å²) in [6, 6.07) is 6.95. The number of aromatic amines is 1. The number of ketones is 1. The minimum absolute atomic E-state index is 0.0520. The van der Waals surface area contributed by atoms with Crippen LogP contribution in [0.5, 0.6) is 0 Å². The van der Waals surface area contributed by atoms with E-state index in [1.54, 1.807) is 30.1 Å². The SMILES string of the molecule is CN1C(=O)Cc2cc(C(=O)c3ccn[nH]3)ccc21. The molecule has 2 aromatic rings. The molecule has 0 fully saturated rings. The maximum atomic E-state index is 12.1. The minimum Gasteiger partial charge on any atom is -0.315 e. The van der Waals surface area contributed by atoms with Crippen molar-refractivity contribution >= 4 is 17.4 Å². The van der Waals surface area contributed by atoms with Gasteiger partial charge < -0.3 is 4.90 Å². The van der Waals surface area contributed by atoms with Crippen molar-refractivity contribution in [3.8, 4) is 0 Å². The molecule has 90 valence electrons. The lowest BCUT2D eigenvalue weighted by Crippen LogP contribution is -2.20. The lowest BCUT2D eigenvalue weighted by molar-refractivity contribution is -0.117. The molecule has 0 bridgehead atoms. The Hall–Kier alpha value is -2.43. The van der Waals surface area contributed by atoms with Crippen LogP contribution in [0.25, 0.3) is 0 Å². The summed E-state index contributed by atoms with van der Waals surface area (Å²) in [6.45, 7) is 0. The molecule has 1 N–H and O–H groups in total. The second kappa shape index (κ2) is 3.80. The largest absolute Gasteiger partial charge is 0.315 e. The quantitative estimate of drug-likeness (QED) is 0.802. The molecule has 1 amide bonds. The molecule has 1 aromatic heterocycles. The number of hydrogen-bond donors (Lipinski definition) is 1. The number of benzene rings is 1. The number of likely N-dealkylation sites (N-methyl/N-ethyl adjacent to an activating group) is 1. The van der Waals surface area contributed by atoms with Gasteiger partial charge in [0.05, 0.1) is 6.42 Å². The summed E-state index contributed by atoms with van der Waals surface area (Å²) >= 11 is 0. The maximum absolute atomic E-state index is 12.1. The Morgan fingerprint density at radius 3 is 2.94 bits per heavy atom. The smallest absolute Gasteiger partial charge is 0.231 e. The molecule has 0 unspecified atom stereocenters. The number of H-pyrrole nitrogens is 1. The average Bonchev–Trinajstić information content (AvgIpc) is 2.98. The number of anilines is 1. The number of carbonyl (C=O) groups is 2. The van der Waals surface area contributed by atoms with E-state index in [-0.39, 0.29) is 11.7 Å². The first-order valence-corrected chi connectivity index (χ1v) is 5.60. The van der Waals surface area contributed by atoms with Crippen LogP contribution in [0.2, 0.25) is 0 Å². The molecule has 3 rings (SSSR count). The Bertz CT molecular complexity index is 632. The highest BCUT2D eigenvalue weighted by molar-refractivity contribution is 6.09. The molecule has 0 atom stereocenters. The Morgan fingerprint density at radius 1 is 1.39 bits per heavy atom. The Labute approximate surface area is 103 Å². The lowest BCUT2D eigenvalue weighted by Gasteiger charge is -2.09. The van der Waals surface area contributed by atoms with Crippen LogP contribution in [0.3, 0.4) is 0 Å². The molecule has 2 heterocycles. The Morgan fingerprint density at radius 2 is 2.22 bits per heavy atom. The maximum Gasteiger partial charge on any atom is 0.231 e. The molecule has 0 saturated heterocycles. The van der Waals surface area contributed by atoms with Crippen molar-refractivity contribution in [2.45, 2.75) is 6.42 Å². The molecule has 18 heavy (non-hydrogen) atoms. The summed E-state index contributed by atoms with van der Waals surface area (Å²) in [5.74, 6) is -0.0616. The van der Waals surface area contributed by atoms with Gasteiger partial charge in [-0.1, -0.05) is 0 Å².